The van der Waals surface area contributed by atoms with Gasteiger partial charge in [-0.1, -0.05) is 36.4 Å². The van der Waals surface area contributed by atoms with Crippen LogP contribution in [0.25, 0.3) is 0 Å². The molecular weight excluding hydrogens is 570 g/mol. The summed E-state index contributed by atoms with van der Waals surface area (Å²) in [6.07, 6.45) is 10.8. The predicted molar refractivity (Wildman–Crippen MR) is 174 cm³/mol. The number of halogens is 2. The molecule has 6 rings (SSSR count). The van der Waals surface area contributed by atoms with Crippen molar-refractivity contribution in [2.45, 2.75) is 113 Å². The molecular formula is C36H52F2N6O. The van der Waals surface area contributed by atoms with Crippen molar-refractivity contribution in [3.8, 4) is 0 Å². The van der Waals surface area contributed by atoms with E-state index in [4.69, 9.17) is 10.7 Å². The van der Waals surface area contributed by atoms with Crippen molar-refractivity contribution in [3.63, 3.8) is 0 Å². The SMILES string of the molecule is NCCCCN(C[C@H]1NC[C@@H]2CC[C@H]1N2CC[C@@H](NC(=O)C1CCC(F)(F)CC1)c1ccccc1)C1CCCc2cccnc21. The number of nitrogens with one attached hydrogen (secondary N) is 2. The molecule has 1 amide bonds. The quantitative estimate of drug-likeness (QED) is 0.260. The van der Waals surface area contributed by atoms with Gasteiger partial charge in [0, 0.05) is 62.7 Å². The summed E-state index contributed by atoms with van der Waals surface area (Å²) in [7, 11) is 0. The summed E-state index contributed by atoms with van der Waals surface area (Å²) in [5, 5.41) is 7.23. The number of carbonyl (C=O) groups is 1. The molecule has 9 heteroatoms. The van der Waals surface area contributed by atoms with Gasteiger partial charge in [0.15, 0.2) is 0 Å². The number of piperazine rings is 1. The Hall–Kier alpha value is -2.46. The number of pyridine rings is 1. The monoisotopic (exact) mass is 622 g/mol. The van der Waals surface area contributed by atoms with Crippen molar-refractivity contribution in [2.24, 2.45) is 11.7 Å². The molecule has 1 aromatic carbocycles. The molecule has 0 spiro atoms. The molecule has 2 bridgehead atoms. The first-order valence-corrected chi connectivity index (χ1v) is 17.5. The molecule has 4 N–H and O–H groups in total. The van der Waals surface area contributed by atoms with Crippen molar-refractivity contribution in [1.29, 1.82) is 0 Å². The lowest BCUT2D eigenvalue weighted by molar-refractivity contribution is -0.130. The summed E-state index contributed by atoms with van der Waals surface area (Å²) >= 11 is 0. The van der Waals surface area contributed by atoms with Gasteiger partial charge in [0.1, 0.15) is 0 Å². The van der Waals surface area contributed by atoms with Crippen LogP contribution < -0.4 is 16.4 Å². The van der Waals surface area contributed by atoms with Crippen LogP contribution in [-0.4, -0.2) is 77.5 Å². The summed E-state index contributed by atoms with van der Waals surface area (Å²) in [6, 6.07) is 16.0. The van der Waals surface area contributed by atoms with Crippen LogP contribution in [0.2, 0.25) is 0 Å². The lowest BCUT2D eigenvalue weighted by Crippen LogP contribution is -2.61. The van der Waals surface area contributed by atoms with Crippen LogP contribution in [-0.2, 0) is 11.2 Å². The minimum atomic E-state index is -2.63. The molecule has 246 valence electrons. The fourth-order valence-corrected chi connectivity index (χ4v) is 8.48. The van der Waals surface area contributed by atoms with Crippen LogP contribution >= 0.6 is 0 Å². The number of alkyl halides is 2. The topological polar surface area (TPSA) is 86.5 Å². The maximum Gasteiger partial charge on any atom is 0.248 e. The number of fused-ring (bicyclic) bond motifs is 3. The van der Waals surface area contributed by atoms with Crippen LogP contribution in [0.1, 0.15) is 99.5 Å². The number of hydrogen-bond acceptors (Lipinski definition) is 6. The van der Waals surface area contributed by atoms with Crippen molar-refractivity contribution >= 4 is 5.91 Å². The van der Waals surface area contributed by atoms with E-state index in [-0.39, 0.29) is 43.6 Å². The Morgan fingerprint density at radius 1 is 1.09 bits per heavy atom. The minimum Gasteiger partial charge on any atom is -0.349 e. The van der Waals surface area contributed by atoms with Gasteiger partial charge in [-0.25, -0.2) is 8.78 Å². The second kappa shape index (κ2) is 15.0. The van der Waals surface area contributed by atoms with Crippen molar-refractivity contribution in [3.05, 3.63) is 65.5 Å². The summed E-state index contributed by atoms with van der Waals surface area (Å²) in [6.45, 7) is 4.62. The van der Waals surface area contributed by atoms with Crippen molar-refractivity contribution in [2.75, 3.05) is 32.7 Å². The summed E-state index contributed by atoms with van der Waals surface area (Å²) in [4.78, 5) is 23.6. The number of carbonyl (C=O) groups excluding carboxylic acids is 1. The van der Waals surface area contributed by atoms with E-state index in [0.29, 0.717) is 24.2 Å². The van der Waals surface area contributed by atoms with Crippen molar-refractivity contribution in [1.82, 2.24) is 25.4 Å². The van der Waals surface area contributed by atoms with E-state index in [2.05, 4.69) is 44.7 Å². The van der Waals surface area contributed by atoms with Crippen LogP contribution in [0, 0.1) is 5.92 Å². The van der Waals surface area contributed by atoms with E-state index in [1.165, 1.54) is 30.5 Å². The second-order valence-electron chi connectivity index (χ2n) is 13.9. The van der Waals surface area contributed by atoms with Crippen LogP contribution in [0.3, 0.4) is 0 Å². The first-order chi connectivity index (χ1) is 21.9. The molecule has 4 aliphatic rings. The second-order valence-corrected chi connectivity index (χ2v) is 13.9. The molecule has 5 atom stereocenters. The highest BCUT2D eigenvalue weighted by atomic mass is 19.3. The number of hydrogen-bond donors (Lipinski definition) is 3. The maximum absolute atomic E-state index is 13.8. The summed E-state index contributed by atoms with van der Waals surface area (Å²) < 4.78 is 27.6. The van der Waals surface area contributed by atoms with E-state index >= 15 is 0 Å². The number of nitrogens with zero attached hydrogens (tertiary/aromatic N) is 3. The predicted octanol–water partition coefficient (Wildman–Crippen LogP) is 5.38. The van der Waals surface area contributed by atoms with Gasteiger partial charge in [-0.3, -0.25) is 19.6 Å². The van der Waals surface area contributed by atoms with Gasteiger partial charge in [0.2, 0.25) is 11.8 Å². The largest absolute Gasteiger partial charge is 0.349 e. The fourth-order valence-electron chi connectivity index (χ4n) is 8.48. The molecule has 7 nitrogen and oxygen atoms in total. The van der Waals surface area contributed by atoms with Gasteiger partial charge in [-0.2, -0.15) is 0 Å². The van der Waals surface area contributed by atoms with E-state index in [0.717, 1.165) is 70.4 Å². The van der Waals surface area contributed by atoms with E-state index in [1.807, 2.05) is 24.4 Å². The Morgan fingerprint density at radius 2 is 1.91 bits per heavy atom. The minimum absolute atomic E-state index is 0.0741. The normalized spacial score (nSPS) is 27.3. The summed E-state index contributed by atoms with van der Waals surface area (Å²) in [5.74, 6) is -3.04. The molecule has 3 fully saturated rings. The molecule has 45 heavy (non-hydrogen) atoms. The first kappa shape index (κ1) is 32.5. The molecule has 2 aromatic rings. The average Bonchev–Trinajstić information content (AvgIpc) is 3.35. The molecule has 1 unspecified atom stereocenters. The zero-order chi connectivity index (χ0) is 31.2. The number of amides is 1. The standard InChI is InChI=1S/C36H52F2N6O/c37-36(38)18-15-28(16-19-36)35(45)42-30(26-8-2-1-3-9-26)17-23-44-29-13-14-32(44)31(41-24-29)25-43(22-5-4-20-39)33-12-6-10-27-11-7-21-40-34(27)33/h1-3,7-9,11,21,28-33,41H,4-6,10,12-20,22-25,39H2,(H,42,45)/t29-,30+,31+,32+,33?/m0/s1. The number of aromatic nitrogens is 1. The Kier molecular flexibility index (Phi) is 10.8. The van der Waals surface area contributed by atoms with Gasteiger partial charge in [-0.05, 0) is 94.5 Å². The van der Waals surface area contributed by atoms with Gasteiger partial charge in [0.05, 0.1) is 17.8 Å². The Morgan fingerprint density at radius 3 is 2.71 bits per heavy atom. The highest BCUT2D eigenvalue weighted by molar-refractivity contribution is 5.79. The van der Waals surface area contributed by atoms with Gasteiger partial charge < -0.3 is 16.4 Å². The van der Waals surface area contributed by atoms with E-state index < -0.39 is 5.92 Å². The first-order valence-electron chi connectivity index (χ1n) is 17.5. The van der Waals surface area contributed by atoms with Crippen LogP contribution in [0.15, 0.2) is 48.7 Å². The number of aryl methyl sites for hydroxylation is 1. The number of rotatable bonds is 13. The summed E-state index contributed by atoms with van der Waals surface area (Å²) in [5.41, 5.74) is 9.64. The van der Waals surface area contributed by atoms with Crippen molar-refractivity contribution < 1.29 is 13.6 Å². The zero-order valence-corrected chi connectivity index (χ0v) is 26.7. The Labute approximate surface area is 267 Å². The zero-order valence-electron chi connectivity index (χ0n) is 26.7. The molecule has 3 heterocycles. The third-order valence-corrected chi connectivity index (χ3v) is 11.0. The van der Waals surface area contributed by atoms with E-state index in [1.54, 1.807) is 0 Å². The molecule has 1 aromatic heterocycles. The fraction of sp³-hybridized carbons (Fsp3) is 0.667. The molecule has 2 aliphatic heterocycles. The number of unbranched alkanes of at least 4 members (excludes halogenated alkanes) is 1. The van der Waals surface area contributed by atoms with Gasteiger partial charge >= 0.3 is 0 Å². The molecule has 0 radical (unpaired) electrons. The third-order valence-electron chi connectivity index (χ3n) is 11.0. The highest BCUT2D eigenvalue weighted by Gasteiger charge is 2.44. The Bertz CT molecular complexity index is 1240. The highest BCUT2D eigenvalue weighted by Crippen LogP contribution is 2.38. The average molecular weight is 623 g/mol. The lowest BCUT2D eigenvalue weighted by Gasteiger charge is -2.45. The van der Waals surface area contributed by atoms with Crippen LogP contribution in [0.4, 0.5) is 8.78 Å². The van der Waals surface area contributed by atoms with Crippen LogP contribution in [0.5, 0.6) is 0 Å². The van der Waals surface area contributed by atoms with E-state index in [9.17, 15) is 13.6 Å². The van der Waals surface area contributed by atoms with Gasteiger partial charge in [-0.15, -0.1) is 0 Å². The number of benzene rings is 1. The van der Waals surface area contributed by atoms with Gasteiger partial charge in [0.25, 0.3) is 0 Å². The third kappa shape index (κ3) is 7.92. The number of nitrogens with two attached hydrogens (primary N) is 1. The smallest absolute Gasteiger partial charge is 0.248 e. The molecule has 2 saturated heterocycles. The molecule has 2 aliphatic carbocycles. The maximum atomic E-state index is 13.8. The Balaban J connectivity index is 1.13. The lowest BCUT2D eigenvalue weighted by atomic mass is 9.86. The molecule has 1 saturated carbocycles.